The molecule has 70 heavy (non-hydrogen) atoms. The Kier molecular flexibility index (Phi) is 10.9. The monoisotopic (exact) mass is 959 g/mol. The second kappa shape index (κ2) is 16.5. The van der Waals surface area contributed by atoms with Crippen LogP contribution in [0.4, 0.5) is 0 Å². The molecule has 0 amide bonds. The van der Waals surface area contributed by atoms with E-state index < -0.39 is 69.2 Å². The standard InChI is InChI=1S/C59H78N2O9/c1-35(2)19-26-55(4)47-46(62)48(63)58(40-14-10-13-38(31-40)29-36-11-6-5-7-12-36)45(57(47)33-67-53(65)56(52(57)70-55)23-8-9-24-56)20-25-54(3)49(68-51(64)50-59(54,58)69-50)42-22-28-66-44(42)18-16-37-15-17-41-39(30-37)21-27-61-34-60-32-43(41)61/h5-7,11-12,21-22,27-28,35,37-41,43,45,47-50,52,60,63H,8-10,13-20,23-26,29-34H2,1-4H3. The lowest BCUT2D eigenvalue weighted by Gasteiger charge is -2.70. The van der Waals surface area contributed by atoms with Gasteiger partial charge in [0.25, 0.3) is 0 Å². The van der Waals surface area contributed by atoms with Crippen molar-refractivity contribution in [1.82, 2.24) is 10.2 Å². The van der Waals surface area contributed by atoms with Crippen LogP contribution >= 0.6 is 0 Å². The van der Waals surface area contributed by atoms with Gasteiger partial charge in [-0.05, 0) is 143 Å². The Balaban J connectivity index is 0.912. The molecule has 17 unspecified atom stereocenters. The van der Waals surface area contributed by atoms with Crippen molar-refractivity contribution in [3.63, 3.8) is 0 Å². The first-order valence-electron chi connectivity index (χ1n) is 28.0. The highest BCUT2D eigenvalue weighted by atomic mass is 16.7. The smallest absolute Gasteiger partial charge is 0.339 e. The molecular formula is C59H78N2O9. The molecule has 378 valence electrons. The number of furan rings is 1. The molecule has 17 atom stereocenters. The molecule has 10 fully saturated rings. The molecule has 1 aromatic heterocycles. The van der Waals surface area contributed by atoms with Gasteiger partial charge in [-0.3, -0.25) is 14.9 Å². The maximum Gasteiger partial charge on any atom is 0.339 e. The van der Waals surface area contributed by atoms with Gasteiger partial charge in [-0.1, -0.05) is 89.3 Å². The second-order valence-corrected chi connectivity index (χ2v) is 25.8. The Morgan fingerprint density at radius 1 is 0.900 bits per heavy atom. The van der Waals surface area contributed by atoms with Gasteiger partial charge in [-0.15, -0.1) is 0 Å². The van der Waals surface area contributed by atoms with E-state index >= 15 is 9.59 Å². The van der Waals surface area contributed by atoms with E-state index in [9.17, 15) is 9.90 Å². The molecule has 0 radical (unpaired) electrons. The van der Waals surface area contributed by atoms with Gasteiger partial charge in [-0.2, -0.15) is 0 Å². The lowest BCUT2D eigenvalue weighted by Crippen LogP contribution is -2.80. The van der Waals surface area contributed by atoms with Crippen LogP contribution in [0.15, 0.2) is 59.4 Å². The number of Topliss-reactive ketones (excluding diaryl/α,β-unsaturated/α-hetero) is 1. The average Bonchev–Trinajstić information content (AvgIpc) is 3.83. The number of epoxide rings is 1. The number of aryl methyl sites for hydroxylation is 1. The van der Waals surface area contributed by atoms with Gasteiger partial charge in [-0.25, -0.2) is 4.79 Å². The van der Waals surface area contributed by atoms with E-state index in [-0.39, 0.29) is 30.2 Å². The van der Waals surface area contributed by atoms with E-state index in [0.717, 1.165) is 88.7 Å². The fraction of sp³-hybridized carbons (Fsp3) is 0.746. The summed E-state index contributed by atoms with van der Waals surface area (Å²) >= 11 is 0. The van der Waals surface area contributed by atoms with Crippen LogP contribution in [0, 0.1) is 69.0 Å². The van der Waals surface area contributed by atoms with Crippen LogP contribution < -0.4 is 5.32 Å². The Bertz CT molecular complexity index is 2410. The minimum Gasteiger partial charge on any atom is -0.469 e. The minimum atomic E-state index is -1.41. The van der Waals surface area contributed by atoms with Crippen LogP contribution in [0.25, 0.3) is 0 Å². The van der Waals surface area contributed by atoms with E-state index in [1.807, 2.05) is 6.07 Å². The van der Waals surface area contributed by atoms with Crippen molar-refractivity contribution in [2.45, 2.75) is 185 Å². The second-order valence-electron chi connectivity index (χ2n) is 25.8. The third kappa shape index (κ3) is 6.22. The first-order valence-corrected chi connectivity index (χ1v) is 28.0. The molecule has 5 saturated heterocycles. The Labute approximate surface area is 414 Å². The van der Waals surface area contributed by atoms with Gasteiger partial charge in [0.05, 0.1) is 36.0 Å². The summed E-state index contributed by atoms with van der Waals surface area (Å²) in [5, 5.41) is 17.5. The normalized spacial score (nSPS) is 46.3. The highest BCUT2D eigenvalue weighted by molar-refractivity contribution is 5.93. The van der Waals surface area contributed by atoms with Crippen LogP contribution in [0.5, 0.6) is 0 Å². The number of nitrogens with one attached hydrogen (secondary N) is 1. The lowest BCUT2D eigenvalue weighted by atomic mass is 9.32. The molecule has 6 aliphatic heterocycles. The molecule has 5 aliphatic carbocycles. The van der Waals surface area contributed by atoms with Crippen molar-refractivity contribution >= 4 is 17.7 Å². The number of cyclic esters (lactones) is 2. The summed E-state index contributed by atoms with van der Waals surface area (Å²) in [6.45, 7) is 10.9. The quantitative estimate of drug-likeness (QED) is 0.174. The van der Waals surface area contributed by atoms with Crippen molar-refractivity contribution < 1.29 is 42.9 Å². The molecule has 3 spiro atoms. The zero-order chi connectivity index (χ0) is 48.0. The van der Waals surface area contributed by atoms with Crippen LogP contribution in [0.1, 0.15) is 153 Å². The van der Waals surface area contributed by atoms with Crippen molar-refractivity contribution in [2.24, 2.45) is 69.0 Å². The first-order chi connectivity index (χ1) is 33.8. The summed E-state index contributed by atoms with van der Waals surface area (Å²) in [7, 11) is 0. The number of esters is 2. The predicted octanol–water partition coefficient (Wildman–Crippen LogP) is 9.45. The van der Waals surface area contributed by atoms with Crippen LogP contribution in [-0.2, 0) is 46.2 Å². The summed E-state index contributed by atoms with van der Waals surface area (Å²) in [6.07, 6.45) is 18.8. The van der Waals surface area contributed by atoms with Gasteiger partial charge in [0.1, 0.15) is 30.2 Å². The summed E-state index contributed by atoms with van der Waals surface area (Å²) in [4.78, 5) is 48.4. The number of carbonyl (C=O) groups is 3. The van der Waals surface area contributed by atoms with E-state index in [1.165, 1.54) is 24.8 Å². The molecule has 2 aromatic rings. The molecule has 5 saturated carbocycles. The van der Waals surface area contributed by atoms with E-state index in [0.29, 0.717) is 67.7 Å². The van der Waals surface area contributed by atoms with Gasteiger partial charge in [0.2, 0.25) is 0 Å². The zero-order valence-corrected chi connectivity index (χ0v) is 42.2. The average molecular weight is 959 g/mol. The number of rotatable bonds is 10. The first kappa shape index (κ1) is 46.3. The van der Waals surface area contributed by atoms with Crippen LogP contribution in [0.2, 0.25) is 0 Å². The van der Waals surface area contributed by atoms with Crippen molar-refractivity contribution in [1.29, 1.82) is 0 Å². The topological polar surface area (TPSA) is 140 Å². The highest BCUT2D eigenvalue weighted by Gasteiger charge is 2.93. The minimum absolute atomic E-state index is 0.0802. The molecule has 7 heterocycles. The fourth-order valence-corrected chi connectivity index (χ4v) is 19.4. The predicted molar refractivity (Wildman–Crippen MR) is 260 cm³/mol. The number of aliphatic hydroxyl groups is 1. The van der Waals surface area contributed by atoms with Crippen molar-refractivity contribution in [2.75, 3.05) is 19.8 Å². The number of hydrogen-bond acceptors (Lipinski definition) is 11. The zero-order valence-electron chi connectivity index (χ0n) is 42.2. The van der Waals surface area contributed by atoms with Crippen LogP contribution in [0.3, 0.4) is 0 Å². The number of fused-ring (bicyclic) bond motifs is 5. The Hall–Kier alpha value is -3.51. The molecule has 2 N–H and O–H groups in total. The van der Waals surface area contributed by atoms with Gasteiger partial charge >= 0.3 is 11.9 Å². The number of benzene rings is 1. The SMILES string of the molecule is CC(C)CCC1(C)OC2C3(CCCC3)C(=O)OCC23C1C(=O)C(O)C1(C2CCCC(Cc4ccccc4)C2)C3CCC2(C)C(c3ccoc3CCC3CCC4C(C=CN5CNCC45)C3)OC(=O)C3OC321. The molecule has 0 bridgehead atoms. The summed E-state index contributed by atoms with van der Waals surface area (Å²) in [5.74, 6) is 1.46. The van der Waals surface area contributed by atoms with Gasteiger partial charge in [0.15, 0.2) is 11.9 Å². The highest BCUT2D eigenvalue weighted by Crippen LogP contribution is 2.84. The third-order valence-electron chi connectivity index (χ3n) is 22.2. The van der Waals surface area contributed by atoms with Crippen LogP contribution in [-0.4, -0.2) is 83.1 Å². The molecule has 13 rings (SSSR count). The summed E-state index contributed by atoms with van der Waals surface area (Å²) in [6, 6.07) is 13.3. The van der Waals surface area contributed by atoms with Crippen molar-refractivity contribution in [3.8, 4) is 0 Å². The molecule has 11 nitrogen and oxygen atoms in total. The number of hydrogen-bond donors (Lipinski definition) is 2. The number of allylic oxidation sites excluding steroid dienone is 1. The van der Waals surface area contributed by atoms with E-state index in [1.54, 1.807) is 6.26 Å². The third-order valence-corrected chi connectivity index (χ3v) is 22.2. The number of aliphatic hydroxyl groups excluding tert-OH is 1. The van der Waals surface area contributed by atoms with Crippen molar-refractivity contribution in [3.05, 3.63) is 71.8 Å². The maximum absolute atomic E-state index is 16.4. The van der Waals surface area contributed by atoms with E-state index in [2.05, 4.69) is 80.5 Å². The van der Waals surface area contributed by atoms with Gasteiger partial charge in [0, 0.05) is 40.8 Å². The number of nitrogens with zero attached hydrogens (tertiary/aromatic N) is 1. The van der Waals surface area contributed by atoms with Gasteiger partial charge < -0.3 is 33.4 Å². The number of ether oxygens (including phenoxy) is 4. The maximum atomic E-state index is 16.4. The number of ketones is 1. The Morgan fingerprint density at radius 2 is 1.73 bits per heavy atom. The Morgan fingerprint density at radius 3 is 2.54 bits per heavy atom. The summed E-state index contributed by atoms with van der Waals surface area (Å²) < 4.78 is 34.7. The van der Waals surface area contributed by atoms with E-state index in [4.69, 9.17) is 23.4 Å². The molecular weight excluding hydrogens is 881 g/mol. The fourth-order valence-electron chi connectivity index (χ4n) is 19.4. The number of carbonyl (C=O) groups excluding carboxylic acids is 3. The largest absolute Gasteiger partial charge is 0.469 e. The molecule has 1 aromatic carbocycles. The lowest BCUT2D eigenvalue weighted by molar-refractivity contribution is -0.285. The molecule has 11 heteroatoms. The summed E-state index contributed by atoms with van der Waals surface area (Å²) in [5.41, 5.74) is -3.71. The molecule has 11 aliphatic rings.